The number of fused-ring (bicyclic) bond motifs is 1. The first-order chi connectivity index (χ1) is 11.4. The monoisotopic (exact) mass is 349 g/mol. The molecule has 0 saturated carbocycles. The van der Waals surface area contributed by atoms with Crippen LogP contribution >= 0.6 is 0 Å². The molecule has 5 nitrogen and oxygen atoms in total. The van der Waals surface area contributed by atoms with Crippen molar-refractivity contribution < 1.29 is 9.90 Å². The molecule has 2 rings (SSSR count). The third kappa shape index (κ3) is 3.91. The lowest BCUT2D eigenvalue weighted by molar-refractivity contribution is -0.145. The van der Waals surface area contributed by atoms with E-state index in [1.54, 1.807) is 0 Å². The van der Waals surface area contributed by atoms with Crippen LogP contribution in [-0.2, 0) is 4.79 Å². The molecule has 2 atom stereocenters. The summed E-state index contributed by atoms with van der Waals surface area (Å²) < 4.78 is 0. The Labute approximate surface area is 152 Å². The molecule has 0 aromatic rings. The lowest BCUT2D eigenvalue weighted by Crippen LogP contribution is -2.57. The zero-order valence-electron chi connectivity index (χ0n) is 17.1. The minimum Gasteiger partial charge on any atom is -0.480 e. The Hall–Kier alpha value is -1.36. The molecule has 1 fully saturated rings. The van der Waals surface area contributed by atoms with Crippen LogP contribution < -0.4 is 0 Å². The zero-order chi connectivity index (χ0) is 19.1. The molecule has 1 unspecified atom stereocenters. The number of carboxylic acid groups (broad SMARTS) is 1. The fraction of sp³-hybridized carbons (Fsp3) is 0.800. The Balaban J connectivity index is 2.47. The molecule has 0 aromatic carbocycles. The summed E-state index contributed by atoms with van der Waals surface area (Å²) >= 11 is 0. The van der Waals surface area contributed by atoms with Gasteiger partial charge in [0.05, 0.1) is 6.04 Å². The summed E-state index contributed by atoms with van der Waals surface area (Å²) in [6, 6.07) is -0.293. The van der Waals surface area contributed by atoms with Crippen molar-refractivity contribution in [3.8, 4) is 0 Å². The number of carbonyl (C=O) groups is 1. The van der Waals surface area contributed by atoms with E-state index in [1.807, 2.05) is 13.8 Å². The van der Waals surface area contributed by atoms with Crippen molar-refractivity contribution >= 4 is 11.8 Å². The van der Waals surface area contributed by atoms with Crippen molar-refractivity contribution in [3.05, 3.63) is 11.3 Å². The molecule has 142 valence electrons. The van der Waals surface area contributed by atoms with Gasteiger partial charge < -0.3 is 10.0 Å². The molecule has 2 aliphatic rings. The van der Waals surface area contributed by atoms with Gasteiger partial charge >= 0.3 is 5.97 Å². The van der Waals surface area contributed by atoms with Crippen LogP contribution in [0.2, 0.25) is 0 Å². The molecular weight excluding hydrogens is 314 g/mol. The van der Waals surface area contributed by atoms with Crippen LogP contribution in [0.5, 0.6) is 0 Å². The summed E-state index contributed by atoms with van der Waals surface area (Å²) in [5.74, 6) is 0.877. The molecule has 25 heavy (non-hydrogen) atoms. The first-order valence-corrected chi connectivity index (χ1v) is 9.50. The van der Waals surface area contributed by atoms with Gasteiger partial charge in [-0.25, -0.2) is 0 Å². The maximum atomic E-state index is 11.8. The predicted molar refractivity (Wildman–Crippen MR) is 103 cm³/mol. The van der Waals surface area contributed by atoms with E-state index >= 15 is 0 Å². The maximum absolute atomic E-state index is 11.8. The summed E-state index contributed by atoms with van der Waals surface area (Å²) in [5.41, 5.74) is 2.63. The Morgan fingerprint density at radius 2 is 1.80 bits per heavy atom. The van der Waals surface area contributed by atoms with Crippen LogP contribution in [0.15, 0.2) is 16.3 Å². The van der Waals surface area contributed by atoms with E-state index in [9.17, 15) is 9.90 Å². The Bertz CT molecular complexity index is 584. The highest BCUT2D eigenvalue weighted by atomic mass is 16.4. The quantitative estimate of drug-likeness (QED) is 0.844. The first-order valence-electron chi connectivity index (χ1n) is 9.50. The highest BCUT2D eigenvalue weighted by Crippen LogP contribution is 2.39. The number of aliphatic carboxylic acids is 1. The van der Waals surface area contributed by atoms with Gasteiger partial charge in [-0.15, -0.1) is 0 Å². The van der Waals surface area contributed by atoms with E-state index in [0.717, 1.165) is 18.9 Å². The van der Waals surface area contributed by atoms with Gasteiger partial charge in [-0.1, -0.05) is 48.5 Å². The zero-order valence-corrected chi connectivity index (χ0v) is 17.1. The highest BCUT2D eigenvalue weighted by molar-refractivity contribution is 5.87. The number of nitrogens with zero attached hydrogens (tertiary/aromatic N) is 3. The summed E-state index contributed by atoms with van der Waals surface area (Å²) in [4.78, 5) is 21.3. The second-order valence-corrected chi connectivity index (χ2v) is 9.08. The molecule has 2 aliphatic heterocycles. The molecule has 0 bridgehead atoms. The molecule has 1 N–H and O–H groups in total. The van der Waals surface area contributed by atoms with Crippen LogP contribution in [0.3, 0.4) is 0 Å². The Kier molecular flexibility index (Phi) is 5.67. The van der Waals surface area contributed by atoms with Crippen LogP contribution in [0.4, 0.5) is 0 Å². The van der Waals surface area contributed by atoms with Gasteiger partial charge in [0.1, 0.15) is 11.9 Å². The average Bonchev–Trinajstić information content (AvgIpc) is 2.43. The van der Waals surface area contributed by atoms with Gasteiger partial charge in [0, 0.05) is 31.2 Å². The number of aliphatic imine (C=N–C) groups is 1. The van der Waals surface area contributed by atoms with E-state index < -0.39 is 12.0 Å². The first kappa shape index (κ1) is 20.0. The van der Waals surface area contributed by atoms with E-state index in [2.05, 4.69) is 51.3 Å². The minimum atomic E-state index is -0.719. The number of piperazine rings is 1. The molecule has 0 aliphatic carbocycles. The van der Waals surface area contributed by atoms with Crippen molar-refractivity contribution in [1.29, 1.82) is 0 Å². The summed E-state index contributed by atoms with van der Waals surface area (Å²) in [6.45, 7) is 19.5. The van der Waals surface area contributed by atoms with Gasteiger partial charge in [-0.3, -0.25) is 14.7 Å². The molecule has 0 radical (unpaired) electrons. The van der Waals surface area contributed by atoms with Crippen LogP contribution in [0.25, 0.3) is 0 Å². The number of rotatable bonds is 4. The number of hydrogen-bond donors (Lipinski definition) is 1. The average molecular weight is 350 g/mol. The Morgan fingerprint density at radius 1 is 1.20 bits per heavy atom. The summed E-state index contributed by atoms with van der Waals surface area (Å²) in [5, 5.41) is 9.71. The van der Waals surface area contributed by atoms with Gasteiger partial charge in [-0.2, -0.15) is 0 Å². The molecule has 2 heterocycles. The van der Waals surface area contributed by atoms with E-state index in [4.69, 9.17) is 4.99 Å². The molecular formula is C20H35N3O2. The van der Waals surface area contributed by atoms with Gasteiger partial charge in [0.25, 0.3) is 0 Å². The molecule has 0 spiro atoms. The van der Waals surface area contributed by atoms with E-state index in [1.165, 1.54) is 11.3 Å². The van der Waals surface area contributed by atoms with Gasteiger partial charge in [0.2, 0.25) is 0 Å². The fourth-order valence-electron chi connectivity index (χ4n) is 4.40. The summed E-state index contributed by atoms with van der Waals surface area (Å²) in [6.07, 6.45) is 0. The normalized spacial score (nSPS) is 23.8. The van der Waals surface area contributed by atoms with Crippen molar-refractivity contribution in [1.82, 2.24) is 9.80 Å². The van der Waals surface area contributed by atoms with E-state index in [-0.39, 0.29) is 17.4 Å². The molecule has 0 aromatic heterocycles. The second kappa shape index (κ2) is 7.10. The van der Waals surface area contributed by atoms with Crippen LogP contribution in [0.1, 0.15) is 55.4 Å². The largest absolute Gasteiger partial charge is 0.480 e. The lowest BCUT2D eigenvalue weighted by atomic mass is 9.79. The lowest BCUT2D eigenvalue weighted by Gasteiger charge is -2.48. The Morgan fingerprint density at radius 3 is 2.24 bits per heavy atom. The molecule has 1 saturated heterocycles. The summed E-state index contributed by atoms with van der Waals surface area (Å²) in [7, 11) is 0. The minimum absolute atomic E-state index is 0.0125. The van der Waals surface area contributed by atoms with Crippen molar-refractivity contribution in [2.75, 3.05) is 19.6 Å². The second-order valence-electron chi connectivity index (χ2n) is 9.08. The highest BCUT2D eigenvalue weighted by Gasteiger charge is 2.40. The SMILES string of the molecule is CC(C)C1=N[C@@H](C)C(C(C)(C)C)=C2CN(C(C(=O)O)C(C)C)CCN12. The van der Waals surface area contributed by atoms with Crippen molar-refractivity contribution in [2.45, 2.75) is 67.5 Å². The van der Waals surface area contributed by atoms with Crippen molar-refractivity contribution in [3.63, 3.8) is 0 Å². The van der Waals surface area contributed by atoms with E-state index in [0.29, 0.717) is 12.5 Å². The van der Waals surface area contributed by atoms with Crippen molar-refractivity contribution in [2.24, 2.45) is 22.2 Å². The van der Waals surface area contributed by atoms with Gasteiger partial charge in [0.15, 0.2) is 0 Å². The van der Waals surface area contributed by atoms with Gasteiger partial charge in [-0.05, 0) is 23.8 Å². The molecule has 0 amide bonds. The standard InChI is InChI=1S/C20H35N3O2/c1-12(2)17(19(24)25)22-9-10-23-15(11-22)16(20(6,7)8)14(5)21-18(23)13(3)4/h12-14,17H,9-11H2,1-8H3,(H,24,25)/t14-,17?/m0/s1. The maximum Gasteiger partial charge on any atom is 0.321 e. The smallest absolute Gasteiger partial charge is 0.321 e. The molecule has 5 heteroatoms. The number of amidine groups is 1. The number of hydrogen-bond acceptors (Lipinski definition) is 4. The van der Waals surface area contributed by atoms with Crippen LogP contribution in [0, 0.1) is 17.3 Å². The van der Waals surface area contributed by atoms with Crippen LogP contribution in [-0.4, -0.2) is 58.4 Å². The fourth-order valence-corrected chi connectivity index (χ4v) is 4.40. The third-order valence-electron chi connectivity index (χ3n) is 5.22. The topological polar surface area (TPSA) is 56.1 Å². The predicted octanol–water partition coefficient (Wildman–Crippen LogP) is 3.47. The third-order valence-corrected chi connectivity index (χ3v) is 5.22. The number of carboxylic acids is 1.